The van der Waals surface area contributed by atoms with Gasteiger partial charge >= 0.3 is 0 Å². The molecule has 1 fully saturated rings. The summed E-state index contributed by atoms with van der Waals surface area (Å²) >= 11 is 0. The van der Waals surface area contributed by atoms with Gasteiger partial charge in [-0.25, -0.2) is 4.39 Å². The molecule has 0 heterocycles. The number of rotatable bonds is 4. The second-order valence-corrected chi connectivity index (χ2v) is 4.28. The molecule has 0 radical (unpaired) electrons. The first kappa shape index (κ1) is 11.6. The average molecular weight is 224 g/mol. The zero-order chi connectivity index (χ0) is 11.4. The summed E-state index contributed by atoms with van der Waals surface area (Å²) < 4.78 is 18.9. The molecule has 2 nitrogen and oxygen atoms in total. The normalized spacial score (nSPS) is 18.9. The van der Waals surface area contributed by atoms with Crippen LogP contribution in [0.3, 0.4) is 0 Å². The van der Waals surface area contributed by atoms with Gasteiger partial charge in [-0.15, -0.1) is 0 Å². The number of benzene rings is 1. The molecule has 3 heteroatoms. The summed E-state index contributed by atoms with van der Waals surface area (Å²) in [5.41, 5.74) is 0.320. The third kappa shape index (κ3) is 2.80. The second-order valence-electron chi connectivity index (χ2n) is 4.28. The molecule has 0 bridgehead atoms. The van der Waals surface area contributed by atoms with Crippen molar-refractivity contribution in [3.63, 3.8) is 0 Å². The van der Waals surface area contributed by atoms with Gasteiger partial charge in [-0.05, 0) is 18.9 Å². The summed E-state index contributed by atoms with van der Waals surface area (Å²) in [4.78, 5) is 0. The first-order valence-electron chi connectivity index (χ1n) is 5.81. The van der Waals surface area contributed by atoms with E-state index in [2.05, 4.69) is 0 Å². The van der Waals surface area contributed by atoms with E-state index in [-0.39, 0.29) is 18.5 Å². The van der Waals surface area contributed by atoms with Gasteiger partial charge in [0.1, 0.15) is 11.9 Å². The molecule has 16 heavy (non-hydrogen) atoms. The molecule has 1 aromatic rings. The molecule has 1 aromatic carbocycles. The lowest BCUT2D eigenvalue weighted by atomic mass is 10.1. The van der Waals surface area contributed by atoms with E-state index >= 15 is 0 Å². The lowest BCUT2D eigenvalue weighted by Gasteiger charge is -2.16. The van der Waals surface area contributed by atoms with Crippen LogP contribution in [0.2, 0.25) is 0 Å². The van der Waals surface area contributed by atoms with Crippen molar-refractivity contribution < 1.29 is 14.2 Å². The van der Waals surface area contributed by atoms with Crippen molar-refractivity contribution in [3.05, 3.63) is 35.6 Å². The van der Waals surface area contributed by atoms with Gasteiger partial charge in [0.2, 0.25) is 0 Å². The van der Waals surface area contributed by atoms with Crippen molar-refractivity contribution in [1.29, 1.82) is 0 Å². The van der Waals surface area contributed by atoms with Crippen molar-refractivity contribution in [2.45, 2.75) is 37.9 Å². The highest BCUT2D eigenvalue weighted by atomic mass is 19.1. The minimum atomic E-state index is -0.859. The minimum absolute atomic E-state index is 0.186. The van der Waals surface area contributed by atoms with Crippen molar-refractivity contribution in [1.82, 2.24) is 0 Å². The average Bonchev–Trinajstić information content (AvgIpc) is 2.79. The molecule has 0 spiro atoms. The maximum absolute atomic E-state index is 13.3. The molecule has 2 rings (SSSR count). The standard InChI is InChI=1S/C13H17FO2/c14-12-8-4-3-7-11(12)13(15)9-16-10-5-1-2-6-10/h3-4,7-8,10,13,15H,1-2,5-6,9H2. The Morgan fingerprint density at radius 3 is 2.69 bits per heavy atom. The SMILES string of the molecule is OC(COC1CCCC1)c1ccccc1F. The molecule has 1 saturated carbocycles. The van der Waals surface area contributed by atoms with E-state index in [4.69, 9.17) is 4.74 Å². The number of aliphatic hydroxyl groups excluding tert-OH is 1. The van der Waals surface area contributed by atoms with Gasteiger partial charge < -0.3 is 9.84 Å². The van der Waals surface area contributed by atoms with Crippen LogP contribution in [-0.2, 0) is 4.74 Å². The van der Waals surface area contributed by atoms with E-state index in [0.717, 1.165) is 12.8 Å². The number of ether oxygens (including phenoxy) is 1. The Kier molecular flexibility index (Phi) is 3.91. The van der Waals surface area contributed by atoms with E-state index in [9.17, 15) is 9.50 Å². The zero-order valence-electron chi connectivity index (χ0n) is 9.23. The monoisotopic (exact) mass is 224 g/mol. The molecule has 1 atom stereocenters. The number of aliphatic hydroxyl groups is 1. The molecule has 1 aliphatic rings. The topological polar surface area (TPSA) is 29.5 Å². The Morgan fingerprint density at radius 1 is 1.31 bits per heavy atom. The van der Waals surface area contributed by atoms with Crippen LogP contribution in [-0.4, -0.2) is 17.8 Å². The Hall–Kier alpha value is -0.930. The third-order valence-corrected chi connectivity index (χ3v) is 3.06. The molecule has 0 saturated heterocycles. The van der Waals surface area contributed by atoms with Gasteiger partial charge in [0.25, 0.3) is 0 Å². The molecule has 1 unspecified atom stereocenters. The highest BCUT2D eigenvalue weighted by molar-refractivity contribution is 5.19. The predicted octanol–water partition coefficient (Wildman–Crippen LogP) is 2.82. The fraction of sp³-hybridized carbons (Fsp3) is 0.538. The lowest BCUT2D eigenvalue weighted by molar-refractivity contribution is -0.00815. The fourth-order valence-electron chi connectivity index (χ4n) is 2.12. The Balaban J connectivity index is 1.87. The smallest absolute Gasteiger partial charge is 0.129 e. The molecule has 0 amide bonds. The largest absolute Gasteiger partial charge is 0.386 e. The van der Waals surface area contributed by atoms with Gasteiger partial charge in [0.15, 0.2) is 0 Å². The predicted molar refractivity (Wildman–Crippen MR) is 59.6 cm³/mol. The first-order valence-corrected chi connectivity index (χ1v) is 5.81. The number of hydrogen-bond acceptors (Lipinski definition) is 2. The minimum Gasteiger partial charge on any atom is -0.386 e. The van der Waals surface area contributed by atoms with Crippen LogP contribution in [0.5, 0.6) is 0 Å². The van der Waals surface area contributed by atoms with Crippen LogP contribution in [0.15, 0.2) is 24.3 Å². The third-order valence-electron chi connectivity index (χ3n) is 3.06. The molecular weight excluding hydrogens is 207 g/mol. The van der Waals surface area contributed by atoms with E-state index < -0.39 is 6.10 Å². The number of hydrogen-bond donors (Lipinski definition) is 1. The van der Waals surface area contributed by atoms with E-state index in [1.165, 1.54) is 18.9 Å². The molecule has 0 aromatic heterocycles. The first-order chi connectivity index (χ1) is 7.77. The lowest BCUT2D eigenvalue weighted by Crippen LogP contribution is -2.15. The van der Waals surface area contributed by atoms with Crippen molar-refractivity contribution in [2.75, 3.05) is 6.61 Å². The van der Waals surface area contributed by atoms with E-state index in [0.29, 0.717) is 5.56 Å². The number of halogens is 1. The molecule has 88 valence electrons. The van der Waals surface area contributed by atoms with Gasteiger partial charge in [-0.2, -0.15) is 0 Å². The highest BCUT2D eigenvalue weighted by Gasteiger charge is 2.18. The second kappa shape index (κ2) is 5.41. The van der Waals surface area contributed by atoms with Crippen LogP contribution >= 0.6 is 0 Å². The van der Waals surface area contributed by atoms with Crippen molar-refractivity contribution >= 4 is 0 Å². The Labute approximate surface area is 95.1 Å². The van der Waals surface area contributed by atoms with Gasteiger partial charge in [-0.3, -0.25) is 0 Å². The van der Waals surface area contributed by atoms with Gasteiger partial charge in [-0.1, -0.05) is 31.0 Å². The van der Waals surface area contributed by atoms with Crippen LogP contribution in [0.4, 0.5) is 4.39 Å². The van der Waals surface area contributed by atoms with Gasteiger partial charge in [0, 0.05) is 5.56 Å². The molecule has 1 aliphatic carbocycles. The Morgan fingerprint density at radius 2 is 2.00 bits per heavy atom. The van der Waals surface area contributed by atoms with Crippen LogP contribution in [0.25, 0.3) is 0 Å². The van der Waals surface area contributed by atoms with Crippen molar-refractivity contribution in [2.24, 2.45) is 0 Å². The highest BCUT2D eigenvalue weighted by Crippen LogP contribution is 2.23. The Bertz CT molecular complexity index is 334. The quantitative estimate of drug-likeness (QED) is 0.852. The van der Waals surface area contributed by atoms with E-state index in [1.54, 1.807) is 18.2 Å². The van der Waals surface area contributed by atoms with Crippen LogP contribution < -0.4 is 0 Å². The van der Waals surface area contributed by atoms with E-state index in [1.807, 2.05) is 0 Å². The summed E-state index contributed by atoms with van der Waals surface area (Å²) in [7, 11) is 0. The summed E-state index contributed by atoms with van der Waals surface area (Å²) in [6.07, 6.45) is 3.90. The van der Waals surface area contributed by atoms with Gasteiger partial charge in [0.05, 0.1) is 12.7 Å². The zero-order valence-corrected chi connectivity index (χ0v) is 9.23. The summed E-state index contributed by atoms with van der Waals surface area (Å²) in [6, 6.07) is 6.28. The van der Waals surface area contributed by atoms with Crippen molar-refractivity contribution in [3.8, 4) is 0 Å². The fourth-order valence-corrected chi connectivity index (χ4v) is 2.12. The summed E-state index contributed by atoms with van der Waals surface area (Å²) in [5, 5.41) is 9.80. The molecular formula is C13H17FO2. The van der Waals surface area contributed by atoms with Crippen LogP contribution in [0, 0.1) is 5.82 Å². The summed E-state index contributed by atoms with van der Waals surface area (Å²) in [6.45, 7) is 0.186. The maximum Gasteiger partial charge on any atom is 0.129 e. The van der Waals surface area contributed by atoms with Crippen LogP contribution in [0.1, 0.15) is 37.4 Å². The maximum atomic E-state index is 13.3. The molecule has 1 N–H and O–H groups in total. The summed E-state index contributed by atoms with van der Waals surface area (Å²) in [5.74, 6) is -0.370. The molecule has 0 aliphatic heterocycles.